The third-order valence-electron chi connectivity index (χ3n) is 10.4. The number of benzene rings is 7. The maximum Gasteiger partial charge on any atom is 0.212 e. The van der Waals surface area contributed by atoms with Gasteiger partial charge in [0.2, 0.25) is 5.69 Å². The maximum atomic E-state index is 10.9. The Kier molecular flexibility index (Phi) is 7.49. The van der Waals surface area contributed by atoms with E-state index in [9.17, 15) is 10.5 Å². The van der Waals surface area contributed by atoms with Crippen molar-refractivity contribution in [3.63, 3.8) is 0 Å². The molecule has 0 aliphatic rings. The number of nitrogens with zero attached hydrogens (tertiary/aromatic N) is 7. The summed E-state index contributed by atoms with van der Waals surface area (Å²) in [5.74, 6) is 0.437. The van der Waals surface area contributed by atoms with Crippen molar-refractivity contribution in [1.29, 1.82) is 10.5 Å². The van der Waals surface area contributed by atoms with E-state index in [4.69, 9.17) is 16.5 Å². The molecule has 3 heterocycles. The van der Waals surface area contributed by atoms with Crippen LogP contribution in [0.3, 0.4) is 0 Å². The van der Waals surface area contributed by atoms with Crippen LogP contribution in [-0.4, -0.2) is 19.1 Å². The van der Waals surface area contributed by atoms with Crippen LogP contribution in [0.15, 0.2) is 164 Å². The van der Waals surface area contributed by atoms with Gasteiger partial charge in [0.15, 0.2) is 5.82 Å². The molecule has 258 valence electrons. The van der Waals surface area contributed by atoms with Gasteiger partial charge in [-0.3, -0.25) is 0 Å². The van der Waals surface area contributed by atoms with E-state index in [2.05, 4.69) is 76.1 Å². The second-order valence-corrected chi connectivity index (χ2v) is 13.5. The molecule has 10 aromatic rings. The zero-order valence-electron chi connectivity index (χ0n) is 29.7. The first-order valence-corrected chi connectivity index (χ1v) is 18.1. The molecule has 0 atom stereocenters. The minimum Gasteiger partial charge on any atom is -0.318 e. The molecule has 0 spiro atoms. The summed E-state index contributed by atoms with van der Waals surface area (Å²) in [6, 6.07) is 58.7. The predicted octanol–water partition coefficient (Wildman–Crippen LogP) is 12.0. The van der Waals surface area contributed by atoms with Crippen molar-refractivity contribution in [2.45, 2.75) is 0 Å². The van der Waals surface area contributed by atoms with Crippen molar-refractivity contribution in [2.24, 2.45) is 0 Å². The molecule has 7 nitrogen and oxygen atoms in total. The minimum atomic E-state index is 0.262. The highest BCUT2D eigenvalue weighted by Crippen LogP contribution is 2.43. The molecule has 7 aromatic carbocycles. The van der Waals surface area contributed by atoms with Crippen molar-refractivity contribution in [3.05, 3.63) is 186 Å². The smallest absolute Gasteiger partial charge is 0.212 e. The molecule has 56 heavy (non-hydrogen) atoms. The molecule has 3 aromatic heterocycles. The average molecular weight is 714 g/mol. The van der Waals surface area contributed by atoms with E-state index in [-0.39, 0.29) is 16.8 Å². The molecule has 0 aliphatic heterocycles. The lowest BCUT2D eigenvalue weighted by molar-refractivity contribution is 1.16. The Hall–Kier alpha value is -8.31. The summed E-state index contributed by atoms with van der Waals surface area (Å²) in [6.45, 7) is 8.52. The van der Waals surface area contributed by atoms with Crippen molar-refractivity contribution >= 4 is 49.3 Å². The van der Waals surface area contributed by atoms with E-state index in [0.717, 1.165) is 60.4 Å². The summed E-state index contributed by atoms with van der Waals surface area (Å²) < 4.78 is 4.34. The summed E-state index contributed by atoms with van der Waals surface area (Å²) in [6.07, 6.45) is 0. The van der Waals surface area contributed by atoms with Gasteiger partial charge in [0, 0.05) is 38.4 Å². The number of para-hydroxylation sites is 3. The molecule has 0 radical (unpaired) electrons. The zero-order chi connectivity index (χ0) is 37.8. The Morgan fingerprint density at radius 1 is 0.482 bits per heavy atom. The number of hydrogen-bond donors (Lipinski definition) is 0. The summed E-state index contributed by atoms with van der Waals surface area (Å²) in [7, 11) is 0. The Morgan fingerprint density at radius 3 is 1.59 bits per heavy atom. The van der Waals surface area contributed by atoms with E-state index >= 15 is 0 Å². The van der Waals surface area contributed by atoms with Crippen LogP contribution in [0.5, 0.6) is 0 Å². The first-order valence-electron chi connectivity index (χ1n) is 18.1. The SMILES string of the molecule is [C-]#[N+]c1cc(-c2nc(-c3ccccc3)nc(-c3ccccc3)c2C#N)cc(C#N)c1-n1c2ccccc2c2cc3c(cc21)c1ccccc1n3-c1ccccc1. The third-order valence-corrected chi connectivity index (χ3v) is 10.4. The number of aromatic nitrogens is 4. The molecule has 0 amide bonds. The van der Waals surface area contributed by atoms with Crippen LogP contribution >= 0.6 is 0 Å². The van der Waals surface area contributed by atoms with Gasteiger partial charge in [-0.2, -0.15) is 10.5 Å². The van der Waals surface area contributed by atoms with Gasteiger partial charge in [0.1, 0.15) is 11.6 Å². The van der Waals surface area contributed by atoms with E-state index < -0.39 is 0 Å². The number of fused-ring (bicyclic) bond motifs is 6. The second-order valence-electron chi connectivity index (χ2n) is 13.5. The first kappa shape index (κ1) is 32.3. The van der Waals surface area contributed by atoms with E-state index in [0.29, 0.717) is 28.5 Å². The molecule has 0 fully saturated rings. The van der Waals surface area contributed by atoms with Gasteiger partial charge in [-0.05, 0) is 54.1 Å². The molecular formula is C49H27N7. The minimum absolute atomic E-state index is 0.262. The fraction of sp³-hybridized carbons (Fsp3) is 0. The van der Waals surface area contributed by atoms with Crippen LogP contribution in [0.1, 0.15) is 11.1 Å². The first-order chi connectivity index (χ1) is 27.7. The van der Waals surface area contributed by atoms with Crippen molar-refractivity contribution in [3.8, 4) is 57.4 Å². The molecule has 7 heteroatoms. The van der Waals surface area contributed by atoms with E-state index in [1.54, 1.807) is 12.1 Å². The van der Waals surface area contributed by atoms with Crippen LogP contribution in [0.4, 0.5) is 5.69 Å². The van der Waals surface area contributed by atoms with Gasteiger partial charge in [0.25, 0.3) is 0 Å². The second kappa shape index (κ2) is 13.0. The number of hydrogen-bond acceptors (Lipinski definition) is 4. The summed E-state index contributed by atoms with van der Waals surface area (Å²) in [5.41, 5.74) is 9.10. The molecule has 0 N–H and O–H groups in total. The Balaban J connectivity index is 1.27. The van der Waals surface area contributed by atoms with Gasteiger partial charge < -0.3 is 9.13 Å². The molecular weight excluding hydrogens is 687 g/mol. The van der Waals surface area contributed by atoms with Crippen LogP contribution < -0.4 is 0 Å². The van der Waals surface area contributed by atoms with Gasteiger partial charge in [-0.15, -0.1) is 0 Å². The predicted molar refractivity (Wildman–Crippen MR) is 223 cm³/mol. The Bertz CT molecular complexity index is 3290. The van der Waals surface area contributed by atoms with Gasteiger partial charge in [-0.1, -0.05) is 115 Å². The van der Waals surface area contributed by atoms with Crippen molar-refractivity contribution in [1.82, 2.24) is 19.1 Å². The Labute approximate surface area is 321 Å². The summed E-state index contributed by atoms with van der Waals surface area (Å²) >= 11 is 0. The molecule has 0 aliphatic carbocycles. The lowest BCUT2D eigenvalue weighted by atomic mass is 9.97. The highest BCUT2D eigenvalue weighted by atomic mass is 15.0. The van der Waals surface area contributed by atoms with Gasteiger partial charge >= 0.3 is 0 Å². The van der Waals surface area contributed by atoms with Crippen LogP contribution in [0, 0.1) is 29.2 Å². The number of rotatable bonds is 5. The molecule has 0 bridgehead atoms. The highest BCUT2D eigenvalue weighted by molar-refractivity contribution is 6.19. The van der Waals surface area contributed by atoms with E-state index in [1.807, 2.05) is 102 Å². The fourth-order valence-corrected chi connectivity index (χ4v) is 7.98. The average Bonchev–Trinajstić information content (AvgIpc) is 3.77. The maximum absolute atomic E-state index is 10.9. The van der Waals surface area contributed by atoms with Crippen molar-refractivity contribution in [2.75, 3.05) is 0 Å². The standard InChI is InChI=1S/C49H27N7/c1-52-41-26-33(47-40(30-51)46(31-15-5-2-6-16-31)53-49(54-47)32-17-7-3-8-18-32)25-34(29-50)48(41)56-43-24-14-12-22-37(43)39-27-44-38(28-45(39)56)36-21-11-13-23-42(36)55(44)35-19-9-4-10-20-35/h2-28H. The summed E-state index contributed by atoms with van der Waals surface area (Å²) in [5, 5.41) is 25.7. The van der Waals surface area contributed by atoms with Crippen LogP contribution in [0.2, 0.25) is 0 Å². The van der Waals surface area contributed by atoms with Crippen LogP contribution in [0.25, 0.3) is 93.7 Å². The molecule has 0 unspecified atom stereocenters. The molecule has 0 saturated carbocycles. The van der Waals surface area contributed by atoms with Gasteiger partial charge in [-0.25, -0.2) is 14.8 Å². The lowest BCUT2D eigenvalue weighted by Gasteiger charge is -2.16. The van der Waals surface area contributed by atoms with Crippen LogP contribution in [-0.2, 0) is 0 Å². The largest absolute Gasteiger partial charge is 0.318 e. The number of nitriles is 2. The third kappa shape index (κ3) is 4.96. The normalized spacial score (nSPS) is 11.2. The molecule has 0 saturated heterocycles. The van der Waals surface area contributed by atoms with Crippen molar-refractivity contribution < 1.29 is 0 Å². The topological polar surface area (TPSA) is 87.6 Å². The molecule has 10 rings (SSSR count). The highest BCUT2D eigenvalue weighted by Gasteiger charge is 2.25. The van der Waals surface area contributed by atoms with E-state index in [1.165, 1.54) is 0 Å². The summed E-state index contributed by atoms with van der Waals surface area (Å²) in [4.78, 5) is 13.9. The fourth-order valence-electron chi connectivity index (χ4n) is 7.98. The Morgan fingerprint density at radius 2 is 1.00 bits per heavy atom. The van der Waals surface area contributed by atoms with Gasteiger partial charge in [0.05, 0.1) is 57.3 Å². The monoisotopic (exact) mass is 713 g/mol. The quantitative estimate of drug-likeness (QED) is 0.166. The zero-order valence-corrected chi connectivity index (χ0v) is 29.7. The lowest BCUT2D eigenvalue weighted by Crippen LogP contribution is -2.03.